The number of nitrogens with zero attached hydrogens (tertiary/aromatic N) is 2. The van der Waals surface area contributed by atoms with Crippen LogP contribution in [-0.4, -0.2) is 60.8 Å². The zero-order valence-electron chi connectivity index (χ0n) is 13.3. The monoisotopic (exact) mass is 276 g/mol. The van der Waals surface area contributed by atoms with Gasteiger partial charge in [0.15, 0.2) is 0 Å². The maximum Gasteiger partial charge on any atom is 0.0747 e. The van der Waals surface area contributed by atoms with Crippen molar-refractivity contribution in [2.45, 2.75) is 38.8 Å². The third-order valence-electron chi connectivity index (χ3n) is 4.29. The highest BCUT2D eigenvalue weighted by atomic mass is 16.3. The summed E-state index contributed by atoms with van der Waals surface area (Å²) in [5, 5.41) is 10.7. The third-order valence-corrected chi connectivity index (χ3v) is 4.29. The molecule has 0 saturated carbocycles. The summed E-state index contributed by atoms with van der Waals surface area (Å²) in [7, 11) is 4.28. The van der Waals surface area contributed by atoms with Gasteiger partial charge in [-0.2, -0.15) is 0 Å². The lowest BCUT2D eigenvalue weighted by atomic mass is 9.98. The van der Waals surface area contributed by atoms with Crippen LogP contribution in [0.1, 0.15) is 23.1 Å². The molecule has 0 spiro atoms. The van der Waals surface area contributed by atoms with E-state index >= 15 is 0 Å². The summed E-state index contributed by atoms with van der Waals surface area (Å²) in [6.07, 6.45) is 1.62. The van der Waals surface area contributed by atoms with Crippen molar-refractivity contribution in [2.24, 2.45) is 0 Å². The Morgan fingerprint density at radius 3 is 2.45 bits per heavy atom. The number of aliphatic hydroxyl groups excluding tert-OH is 1. The number of benzene rings is 1. The molecule has 3 heteroatoms. The second kappa shape index (κ2) is 6.70. The molecular formula is C17H28N2O. The van der Waals surface area contributed by atoms with E-state index in [1.54, 1.807) is 0 Å². The van der Waals surface area contributed by atoms with E-state index < -0.39 is 0 Å². The number of likely N-dealkylation sites (N-methyl/N-ethyl adjacent to an activating group) is 2. The summed E-state index contributed by atoms with van der Waals surface area (Å²) in [6.45, 7) is 7.38. The van der Waals surface area contributed by atoms with Gasteiger partial charge in [0, 0.05) is 12.6 Å². The molecule has 2 unspecified atom stereocenters. The van der Waals surface area contributed by atoms with Gasteiger partial charge in [-0.15, -0.1) is 0 Å². The molecule has 1 saturated heterocycles. The van der Waals surface area contributed by atoms with Gasteiger partial charge in [-0.3, -0.25) is 4.90 Å². The molecule has 1 heterocycles. The summed E-state index contributed by atoms with van der Waals surface area (Å²) in [6, 6.07) is 6.79. The Balaban J connectivity index is 2.07. The average Bonchev–Trinajstić information content (AvgIpc) is 2.49. The van der Waals surface area contributed by atoms with Crippen LogP contribution in [0.4, 0.5) is 0 Å². The largest absolute Gasteiger partial charge is 0.391 e. The molecule has 0 aliphatic carbocycles. The normalized spacial score (nSPS) is 23.6. The van der Waals surface area contributed by atoms with Crippen molar-refractivity contribution in [3.05, 3.63) is 34.9 Å². The highest BCUT2D eigenvalue weighted by Crippen LogP contribution is 2.16. The van der Waals surface area contributed by atoms with Crippen LogP contribution in [0.25, 0.3) is 0 Å². The molecule has 1 aliphatic heterocycles. The van der Waals surface area contributed by atoms with Gasteiger partial charge in [-0.05, 0) is 59.4 Å². The molecule has 1 fully saturated rings. The minimum Gasteiger partial charge on any atom is -0.391 e. The zero-order chi connectivity index (χ0) is 14.7. The van der Waals surface area contributed by atoms with E-state index in [0.717, 1.165) is 26.1 Å². The summed E-state index contributed by atoms with van der Waals surface area (Å²) in [5.74, 6) is 0. The lowest BCUT2D eigenvalue weighted by Crippen LogP contribution is -2.47. The van der Waals surface area contributed by atoms with Crippen molar-refractivity contribution in [3.8, 4) is 0 Å². The molecule has 3 nitrogen and oxygen atoms in total. The fourth-order valence-electron chi connectivity index (χ4n) is 3.29. The van der Waals surface area contributed by atoms with E-state index in [-0.39, 0.29) is 12.1 Å². The maximum absolute atomic E-state index is 10.7. The van der Waals surface area contributed by atoms with E-state index in [1.807, 2.05) is 0 Å². The number of rotatable bonds is 3. The smallest absolute Gasteiger partial charge is 0.0747 e. The van der Waals surface area contributed by atoms with Gasteiger partial charge in [0.2, 0.25) is 0 Å². The first-order chi connectivity index (χ1) is 9.45. The Morgan fingerprint density at radius 1 is 1.15 bits per heavy atom. The Hall–Kier alpha value is -0.900. The molecule has 20 heavy (non-hydrogen) atoms. The zero-order valence-corrected chi connectivity index (χ0v) is 13.3. The first-order valence-electron chi connectivity index (χ1n) is 7.59. The van der Waals surface area contributed by atoms with Crippen LogP contribution in [0, 0.1) is 13.8 Å². The topological polar surface area (TPSA) is 26.7 Å². The summed E-state index contributed by atoms with van der Waals surface area (Å²) >= 11 is 0. The second-order valence-corrected chi connectivity index (χ2v) is 6.43. The standard InChI is InChI=1S/C17H28N2O/c1-13-8-14(2)10-15(9-13)11-17(20)16-12-18(3)6-5-7-19(16)4/h8-10,16-17,20H,5-7,11-12H2,1-4H3. The van der Waals surface area contributed by atoms with Crippen LogP contribution >= 0.6 is 0 Å². The number of aryl methyl sites for hydroxylation is 2. The first kappa shape index (κ1) is 15.5. The fourth-order valence-corrected chi connectivity index (χ4v) is 3.29. The van der Waals surface area contributed by atoms with Crippen molar-refractivity contribution in [2.75, 3.05) is 33.7 Å². The van der Waals surface area contributed by atoms with Gasteiger partial charge in [0.05, 0.1) is 6.10 Å². The van der Waals surface area contributed by atoms with Crippen LogP contribution in [0.3, 0.4) is 0 Å². The van der Waals surface area contributed by atoms with Crippen molar-refractivity contribution in [3.63, 3.8) is 0 Å². The van der Waals surface area contributed by atoms with Crippen LogP contribution in [0.15, 0.2) is 18.2 Å². The molecule has 1 aromatic rings. The Morgan fingerprint density at radius 2 is 1.80 bits per heavy atom. The highest BCUT2D eigenvalue weighted by Gasteiger charge is 2.27. The van der Waals surface area contributed by atoms with E-state index in [1.165, 1.54) is 23.1 Å². The van der Waals surface area contributed by atoms with Crippen LogP contribution in [0.2, 0.25) is 0 Å². The molecule has 1 aromatic carbocycles. The minimum atomic E-state index is -0.304. The van der Waals surface area contributed by atoms with Gasteiger partial charge in [-0.25, -0.2) is 0 Å². The maximum atomic E-state index is 10.7. The molecule has 0 aromatic heterocycles. The van der Waals surface area contributed by atoms with Gasteiger partial charge in [0.1, 0.15) is 0 Å². The SMILES string of the molecule is Cc1cc(C)cc(CC(O)C2CN(C)CCCN2C)c1. The number of hydrogen-bond donors (Lipinski definition) is 1. The molecule has 0 bridgehead atoms. The van der Waals surface area contributed by atoms with Crippen LogP contribution in [-0.2, 0) is 6.42 Å². The van der Waals surface area contributed by atoms with Crippen molar-refractivity contribution in [1.29, 1.82) is 0 Å². The van der Waals surface area contributed by atoms with Crippen molar-refractivity contribution >= 4 is 0 Å². The molecule has 0 amide bonds. The van der Waals surface area contributed by atoms with Crippen molar-refractivity contribution < 1.29 is 5.11 Å². The Bertz CT molecular complexity index is 426. The number of aliphatic hydroxyl groups is 1. The van der Waals surface area contributed by atoms with Gasteiger partial charge in [0.25, 0.3) is 0 Å². The van der Waals surface area contributed by atoms with Crippen LogP contribution < -0.4 is 0 Å². The van der Waals surface area contributed by atoms with E-state index in [0.29, 0.717) is 0 Å². The predicted molar refractivity (Wildman–Crippen MR) is 84.2 cm³/mol. The van der Waals surface area contributed by atoms with Gasteiger partial charge in [-0.1, -0.05) is 29.3 Å². The molecule has 112 valence electrons. The molecule has 2 rings (SSSR count). The lowest BCUT2D eigenvalue weighted by molar-refractivity contribution is 0.0581. The van der Waals surface area contributed by atoms with Gasteiger partial charge >= 0.3 is 0 Å². The lowest BCUT2D eigenvalue weighted by Gasteiger charge is -2.31. The summed E-state index contributed by atoms with van der Waals surface area (Å²) < 4.78 is 0. The fraction of sp³-hybridized carbons (Fsp3) is 0.647. The average molecular weight is 276 g/mol. The van der Waals surface area contributed by atoms with E-state index in [2.05, 4.69) is 55.9 Å². The van der Waals surface area contributed by atoms with Gasteiger partial charge < -0.3 is 10.0 Å². The molecular weight excluding hydrogens is 248 g/mol. The van der Waals surface area contributed by atoms with Crippen LogP contribution in [0.5, 0.6) is 0 Å². The van der Waals surface area contributed by atoms with Crippen molar-refractivity contribution in [1.82, 2.24) is 9.80 Å². The summed E-state index contributed by atoms with van der Waals surface area (Å²) in [5.41, 5.74) is 3.80. The quantitative estimate of drug-likeness (QED) is 0.912. The first-order valence-corrected chi connectivity index (χ1v) is 7.59. The second-order valence-electron chi connectivity index (χ2n) is 6.43. The molecule has 2 atom stereocenters. The summed E-state index contributed by atoms with van der Waals surface area (Å²) in [4.78, 5) is 4.65. The molecule has 1 N–H and O–H groups in total. The molecule has 1 aliphatic rings. The third kappa shape index (κ3) is 4.05. The Kier molecular flexibility index (Phi) is 5.19. The molecule has 0 radical (unpaired) electrons. The number of hydrogen-bond acceptors (Lipinski definition) is 3. The highest BCUT2D eigenvalue weighted by molar-refractivity contribution is 5.29. The Labute approximate surface area is 123 Å². The van der Waals surface area contributed by atoms with E-state index in [9.17, 15) is 5.11 Å². The predicted octanol–water partition coefficient (Wildman–Crippen LogP) is 1.84. The van der Waals surface area contributed by atoms with E-state index in [4.69, 9.17) is 0 Å². The minimum absolute atomic E-state index is 0.225.